The number of nitrogens with zero attached hydrogens (tertiary/aromatic N) is 1. The second-order valence-electron chi connectivity index (χ2n) is 8.22. The molecule has 0 aliphatic carbocycles. The number of ether oxygens (including phenoxy) is 3. The molecule has 1 unspecified atom stereocenters. The summed E-state index contributed by atoms with van der Waals surface area (Å²) >= 11 is 0. The number of benzene rings is 3. The molecule has 0 aliphatic rings. The summed E-state index contributed by atoms with van der Waals surface area (Å²) in [5.41, 5.74) is 3.04. The molecule has 1 atom stereocenters. The normalized spacial score (nSPS) is 11.5. The molecule has 6 heteroatoms. The highest BCUT2D eigenvalue weighted by molar-refractivity contribution is 5.78. The van der Waals surface area contributed by atoms with E-state index in [4.69, 9.17) is 14.2 Å². The van der Waals surface area contributed by atoms with Crippen LogP contribution in [-0.4, -0.2) is 55.9 Å². The molecule has 6 nitrogen and oxygen atoms in total. The van der Waals surface area contributed by atoms with Crippen LogP contribution in [0.3, 0.4) is 0 Å². The summed E-state index contributed by atoms with van der Waals surface area (Å²) in [5.74, 6) is 1.97. The van der Waals surface area contributed by atoms with Gasteiger partial charge < -0.3 is 24.2 Å². The zero-order chi connectivity index (χ0) is 24.3. The third kappa shape index (κ3) is 7.52. The Hall–Kier alpha value is -3.51. The lowest BCUT2D eigenvalue weighted by atomic mass is 10.1. The predicted octanol–water partition coefficient (Wildman–Crippen LogP) is 4.07. The van der Waals surface area contributed by atoms with Crippen molar-refractivity contribution in [1.29, 1.82) is 0 Å². The fourth-order valence-corrected chi connectivity index (χ4v) is 3.70. The van der Waals surface area contributed by atoms with Crippen LogP contribution in [0.2, 0.25) is 0 Å². The number of carbonyl (C=O) groups is 1. The number of hydrogen-bond acceptors (Lipinski definition) is 5. The van der Waals surface area contributed by atoms with Gasteiger partial charge in [-0.3, -0.25) is 4.79 Å². The van der Waals surface area contributed by atoms with Gasteiger partial charge in [-0.05, 0) is 54.3 Å². The fraction of sp³-hybridized carbons (Fsp3) is 0.321. The van der Waals surface area contributed by atoms with Crippen LogP contribution < -0.4 is 14.2 Å². The van der Waals surface area contributed by atoms with Gasteiger partial charge in [-0.1, -0.05) is 48.5 Å². The minimum Gasteiger partial charge on any atom is -0.493 e. The second kappa shape index (κ2) is 12.7. The Morgan fingerprint density at radius 1 is 0.912 bits per heavy atom. The lowest BCUT2D eigenvalue weighted by Gasteiger charge is -2.26. The van der Waals surface area contributed by atoms with Gasteiger partial charge in [0.15, 0.2) is 11.5 Å². The Bertz CT molecular complexity index is 1050. The first kappa shape index (κ1) is 25.1. The molecule has 0 aliphatic heterocycles. The maximum atomic E-state index is 13.1. The van der Waals surface area contributed by atoms with Gasteiger partial charge in [-0.2, -0.15) is 0 Å². The Balaban J connectivity index is 1.66. The molecule has 0 aromatic heterocycles. The van der Waals surface area contributed by atoms with E-state index in [0.29, 0.717) is 30.2 Å². The second-order valence-corrected chi connectivity index (χ2v) is 8.22. The number of rotatable bonds is 12. The lowest BCUT2D eigenvalue weighted by Crippen LogP contribution is -2.41. The maximum Gasteiger partial charge on any atom is 0.227 e. The third-order valence-electron chi connectivity index (χ3n) is 5.53. The minimum absolute atomic E-state index is 0.0405. The van der Waals surface area contributed by atoms with E-state index in [2.05, 4.69) is 0 Å². The van der Waals surface area contributed by atoms with Crippen molar-refractivity contribution < 1.29 is 24.1 Å². The average molecular weight is 464 g/mol. The van der Waals surface area contributed by atoms with E-state index in [9.17, 15) is 9.90 Å². The molecule has 0 saturated carbocycles. The topological polar surface area (TPSA) is 68.2 Å². The highest BCUT2D eigenvalue weighted by atomic mass is 16.5. The molecule has 3 aromatic rings. The van der Waals surface area contributed by atoms with E-state index in [-0.39, 0.29) is 25.5 Å². The average Bonchev–Trinajstić information content (AvgIpc) is 2.85. The monoisotopic (exact) mass is 463 g/mol. The Labute approximate surface area is 201 Å². The van der Waals surface area contributed by atoms with E-state index in [0.717, 1.165) is 16.7 Å². The van der Waals surface area contributed by atoms with Crippen LogP contribution in [0.5, 0.6) is 17.2 Å². The first-order valence-corrected chi connectivity index (χ1v) is 11.4. The molecule has 0 bridgehead atoms. The number of amides is 1. The summed E-state index contributed by atoms with van der Waals surface area (Å²) in [4.78, 5) is 14.8. The van der Waals surface area contributed by atoms with Crippen molar-refractivity contribution in [3.8, 4) is 17.2 Å². The molecule has 1 N–H and O–H groups in total. The number of aryl methyl sites for hydroxylation is 1. The van der Waals surface area contributed by atoms with Crippen molar-refractivity contribution in [1.82, 2.24) is 4.90 Å². The number of hydrogen-bond donors (Lipinski definition) is 1. The van der Waals surface area contributed by atoms with Crippen LogP contribution >= 0.6 is 0 Å². The van der Waals surface area contributed by atoms with Gasteiger partial charge in [0.05, 0.1) is 20.6 Å². The summed E-state index contributed by atoms with van der Waals surface area (Å²) in [7, 11) is 3.20. The van der Waals surface area contributed by atoms with Crippen LogP contribution in [0.4, 0.5) is 0 Å². The minimum atomic E-state index is -0.814. The SMILES string of the molecule is COc1ccc(CCN(CC(O)COc2cccc(C)c2)C(=O)Cc2ccccc2)cc1OC. The summed E-state index contributed by atoms with van der Waals surface area (Å²) in [6.07, 6.45) is 0.0792. The van der Waals surface area contributed by atoms with E-state index in [1.807, 2.05) is 79.7 Å². The molecule has 0 heterocycles. The van der Waals surface area contributed by atoms with Gasteiger partial charge >= 0.3 is 0 Å². The molecule has 0 saturated heterocycles. The van der Waals surface area contributed by atoms with Gasteiger partial charge in [0.1, 0.15) is 18.5 Å². The lowest BCUT2D eigenvalue weighted by molar-refractivity contribution is -0.132. The maximum absolute atomic E-state index is 13.1. The van der Waals surface area contributed by atoms with E-state index in [1.54, 1.807) is 19.1 Å². The largest absolute Gasteiger partial charge is 0.493 e. The molecule has 0 spiro atoms. The summed E-state index contributed by atoms with van der Waals surface area (Å²) in [5, 5.41) is 10.7. The molecule has 34 heavy (non-hydrogen) atoms. The number of methoxy groups -OCH3 is 2. The molecule has 0 radical (unpaired) electrons. The molecular weight excluding hydrogens is 430 g/mol. The zero-order valence-corrected chi connectivity index (χ0v) is 20.1. The van der Waals surface area contributed by atoms with Gasteiger partial charge in [0, 0.05) is 13.1 Å². The van der Waals surface area contributed by atoms with Crippen molar-refractivity contribution >= 4 is 5.91 Å². The van der Waals surface area contributed by atoms with Gasteiger partial charge in [-0.25, -0.2) is 0 Å². The quantitative estimate of drug-likeness (QED) is 0.439. The fourth-order valence-electron chi connectivity index (χ4n) is 3.70. The summed E-state index contributed by atoms with van der Waals surface area (Å²) in [6, 6.07) is 23.0. The first-order chi connectivity index (χ1) is 16.5. The highest BCUT2D eigenvalue weighted by Crippen LogP contribution is 2.27. The van der Waals surface area contributed by atoms with Crippen molar-refractivity contribution in [3.05, 3.63) is 89.5 Å². The van der Waals surface area contributed by atoms with Crippen LogP contribution in [0.1, 0.15) is 16.7 Å². The standard InChI is InChI=1S/C28H33NO5/c1-21-8-7-11-25(16-21)34-20-24(30)19-29(28(31)18-22-9-5-4-6-10-22)15-14-23-12-13-26(32-2)27(17-23)33-3/h4-13,16-17,24,30H,14-15,18-20H2,1-3H3. The van der Waals surface area contributed by atoms with Gasteiger partial charge in [-0.15, -0.1) is 0 Å². The highest BCUT2D eigenvalue weighted by Gasteiger charge is 2.19. The number of aliphatic hydroxyl groups is 1. The summed E-state index contributed by atoms with van der Waals surface area (Å²) < 4.78 is 16.5. The Kier molecular flexibility index (Phi) is 9.35. The van der Waals surface area contributed by atoms with E-state index in [1.165, 1.54) is 0 Å². The van der Waals surface area contributed by atoms with Gasteiger partial charge in [0.2, 0.25) is 5.91 Å². The van der Waals surface area contributed by atoms with Crippen molar-refractivity contribution in [2.45, 2.75) is 25.9 Å². The molecule has 1 amide bonds. The smallest absolute Gasteiger partial charge is 0.227 e. The van der Waals surface area contributed by atoms with Crippen molar-refractivity contribution in [3.63, 3.8) is 0 Å². The molecular formula is C28H33NO5. The predicted molar refractivity (Wildman–Crippen MR) is 133 cm³/mol. The molecule has 3 aromatic carbocycles. The molecule has 3 rings (SSSR count). The van der Waals surface area contributed by atoms with E-state index >= 15 is 0 Å². The van der Waals surface area contributed by atoms with Crippen molar-refractivity contribution in [2.24, 2.45) is 0 Å². The molecule has 0 fully saturated rings. The Morgan fingerprint density at radius 2 is 1.68 bits per heavy atom. The Morgan fingerprint density at radius 3 is 2.38 bits per heavy atom. The number of carbonyl (C=O) groups excluding carboxylic acids is 1. The van der Waals surface area contributed by atoms with Crippen LogP contribution in [0.25, 0.3) is 0 Å². The van der Waals surface area contributed by atoms with Crippen LogP contribution in [-0.2, 0) is 17.6 Å². The first-order valence-electron chi connectivity index (χ1n) is 11.4. The van der Waals surface area contributed by atoms with Gasteiger partial charge in [0.25, 0.3) is 0 Å². The van der Waals surface area contributed by atoms with E-state index < -0.39 is 6.10 Å². The van der Waals surface area contributed by atoms with Crippen molar-refractivity contribution in [2.75, 3.05) is 33.9 Å². The summed E-state index contributed by atoms with van der Waals surface area (Å²) in [6.45, 7) is 2.74. The zero-order valence-electron chi connectivity index (χ0n) is 20.1. The van der Waals surface area contributed by atoms with Crippen LogP contribution in [0.15, 0.2) is 72.8 Å². The third-order valence-corrected chi connectivity index (χ3v) is 5.53. The number of aliphatic hydroxyl groups excluding tert-OH is 1. The molecule has 180 valence electrons. The van der Waals surface area contributed by atoms with Crippen LogP contribution in [0, 0.1) is 6.92 Å².